The summed E-state index contributed by atoms with van der Waals surface area (Å²) in [6.45, 7) is -0.233. The number of anilines is 1. The van der Waals surface area contributed by atoms with Crippen LogP contribution in [0.2, 0.25) is 0 Å². The first kappa shape index (κ1) is 8.34. The molecule has 0 atom stereocenters. The predicted molar refractivity (Wildman–Crippen MR) is 53.8 cm³/mol. The molecular formula is C9H9NO2S. The second-order valence-electron chi connectivity index (χ2n) is 2.78. The Balaban J connectivity index is 2.85. The van der Waals surface area contributed by atoms with Crippen LogP contribution >= 0.6 is 11.3 Å². The Labute approximate surface area is 79.0 Å². The summed E-state index contributed by atoms with van der Waals surface area (Å²) < 4.78 is 0.937. The summed E-state index contributed by atoms with van der Waals surface area (Å²) in [5, 5.41) is 21.3. The van der Waals surface area contributed by atoms with Gasteiger partial charge in [-0.1, -0.05) is 0 Å². The third-order valence-electron chi connectivity index (χ3n) is 2.03. The number of benzene rings is 1. The van der Waals surface area contributed by atoms with Gasteiger partial charge in [0, 0.05) is 21.3 Å². The summed E-state index contributed by atoms with van der Waals surface area (Å²) in [5.74, 6) is 0.0961. The second-order valence-corrected chi connectivity index (χ2v) is 3.73. The van der Waals surface area contributed by atoms with E-state index in [1.807, 2.05) is 11.4 Å². The average molecular weight is 195 g/mol. The summed E-state index contributed by atoms with van der Waals surface area (Å²) in [6.07, 6.45) is 0. The zero-order chi connectivity index (χ0) is 9.42. The Hall–Kier alpha value is -1.26. The van der Waals surface area contributed by atoms with Gasteiger partial charge in [-0.15, -0.1) is 11.3 Å². The van der Waals surface area contributed by atoms with Crippen molar-refractivity contribution >= 4 is 27.1 Å². The van der Waals surface area contributed by atoms with Crippen molar-refractivity contribution in [1.29, 1.82) is 0 Å². The second kappa shape index (κ2) is 2.90. The number of thiophene rings is 1. The average Bonchev–Trinajstić information content (AvgIpc) is 2.53. The molecule has 3 nitrogen and oxygen atoms in total. The summed E-state index contributed by atoms with van der Waals surface area (Å²) in [4.78, 5) is 0. The van der Waals surface area contributed by atoms with Crippen LogP contribution in [0.4, 0.5) is 5.69 Å². The molecule has 0 radical (unpaired) electrons. The Morgan fingerprint density at radius 1 is 1.46 bits per heavy atom. The number of nitrogens with two attached hydrogens (primary N) is 1. The molecular weight excluding hydrogens is 186 g/mol. The number of aromatic hydroxyl groups is 1. The van der Waals surface area contributed by atoms with Crippen molar-refractivity contribution in [2.45, 2.75) is 6.61 Å². The number of phenols is 1. The zero-order valence-electron chi connectivity index (χ0n) is 6.82. The maximum absolute atomic E-state index is 9.69. The molecule has 0 aliphatic carbocycles. The molecule has 0 saturated heterocycles. The minimum Gasteiger partial charge on any atom is -0.507 e. The fourth-order valence-electron chi connectivity index (χ4n) is 1.32. The van der Waals surface area contributed by atoms with Crippen LogP contribution in [0, 0.1) is 0 Å². The van der Waals surface area contributed by atoms with Gasteiger partial charge in [0.2, 0.25) is 0 Å². The van der Waals surface area contributed by atoms with Gasteiger partial charge in [-0.05, 0) is 17.5 Å². The van der Waals surface area contributed by atoms with Crippen molar-refractivity contribution in [2.75, 3.05) is 5.73 Å². The van der Waals surface area contributed by atoms with Gasteiger partial charge in [-0.2, -0.15) is 0 Å². The van der Waals surface area contributed by atoms with Crippen molar-refractivity contribution in [2.24, 2.45) is 0 Å². The number of aliphatic hydroxyl groups excluding tert-OH is 1. The van der Waals surface area contributed by atoms with Crippen molar-refractivity contribution in [3.63, 3.8) is 0 Å². The predicted octanol–water partition coefficient (Wildman–Crippen LogP) is 1.68. The van der Waals surface area contributed by atoms with Crippen LogP contribution in [-0.2, 0) is 6.61 Å². The van der Waals surface area contributed by atoms with Crippen LogP contribution < -0.4 is 5.73 Å². The van der Waals surface area contributed by atoms with Gasteiger partial charge in [0.05, 0.1) is 6.61 Å². The maximum Gasteiger partial charge on any atom is 0.131 e. The molecule has 1 aromatic heterocycles. The van der Waals surface area contributed by atoms with Gasteiger partial charge in [0.15, 0.2) is 0 Å². The molecule has 0 aliphatic rings. The number of aliphatic hydroxyl groups is 1. The molecule has 1 heterocycles. The Morgan fingerprint density at radius 3 is 2.92 bits per heavy atom. The highest BCUT2D eigenvalue weighted by atomic mass is 32.1. The Bertz CT molecular complexity index is 450. The molecule has 13 heavy (non-hydrogen) atoms. The highest BCUT2D eigenvalue weighted by Gasteiger charge is 2.10. The van der Waals surface area contributed by atoms with Crippen LogP contribution in [0.15, 0.2) is 17.5 Å². The quantitative estimate of drug-likeness (QED) is 0.606. The SMILES string of the molecule is Nc1cc2sccc2c(O)c1CO. The minimum atomic E-state index is -0.233. The minimum absolute atomic E-state index is 0.0961. The molecule has 0 spiro atoms. The van der Waals surface area contributed by atoms with Crippen molar-refractivity contribution in [3.05, 3.63) is 23.1 Å². The molecule has 4 N–H and O–H groups in total. The molecule has 0 unspecified atom stereocenters. The fraction of sp³-hybridized carbons (Fsp3) is 0.111. The van der Waals surface area contributed by atoms with Crippen molar-refractivity contribution in [1.82, 2.24) is 0 Å². The lowest BCUT2D eigenvalue weighted by Gasteiger charge is -2.05. The molecule has 2 aromatic rings. The monoisotopic (exact) mass is 195 g/mol. The number of fused-ring (bicyclic) bond motifs is 1. The molecule has 0 saturated carbocycles. The molecule has 0 aliphatic heterocycles. The number of hydrogen-bond acceptors (Lipinski definition) is 4. The molecule has 0 bridgehead atoms. The van der Waals surface area contributed by atoms with E-state index in [9.17, 15) is 5.11 Å². The highest BCUT2D eigenvalue weighted by molar-refractivity contribution is 7.17. The van der Waals surface area contributed by atoms with Gasteiger partial charge >= 0.3 is 0 Å². The van der Waals surface area contributed by atoms with Crippen molar-refractivity contribution in [3.8, 4) is 5.75 Å². The molecule has 1 aromatic carbocycles. The Kier molecular flexibility index (Phi) is 1.86. The van der Waals surface area contributed by atoms with E-state index in [4.69, 9.17) is 10.8 Å². The van der Waals surface area contributed by atoms with Gasteiger partial charge in [-0.3, -0.25) is 0 Å². The third kappa shape index (κ3) is 1.15. The summed E-state index contributed by atoms with van der Waals surface area (Å²) >= 11 is 1.51. The van der Waals surface area contributed by atoms with E-state index in [1.165, 1.54) is 11.3 Å². The number of nitrogen functional groups attached to an aromatic ring is 1. The lowest BCUT2D eigenvalue weighted by molar-refractivity contribution is 0.277. The third-order valence-corrected chi connectivity index (χ3v) is 2.89. The van der Waals surface area contributed by atoms with Gasteiger partial charge in [-0.25, -0.2) is 0 Å². The van der Waals surface area contributed by atoms with Gasteiger partial charge in [0.1, 0.15) is 5.75 Å². The summed E-state index contributed by atoms with van der Waals surface area (Å²) in [5.41, 5.74) is 6.49. The standard InChI is InChI=1S/C9H9NO2S/c10-7-3-8-5(1-2-13-8)9(12)6(7)4-11/h1-3,11-12H,4,10H2. The fourth-order valence-corrected chi connectivity index (χ4v) is 2.16. The van der Waals surface area contributed by atoms with Crippen LogP contribution in [0.5, 0.6) is 5.75 Å². The zero-order valence-corrected chi connectivity index (χ0v) is 7.64. The molecule has 68 valence electrons. The van der Waals surface area contributed by atoms with Crippen LogP contribution in [-0.4, -0.2) is 10.2 Å². The van der Waals surface area contributed by atoms with Crippen LogP contribution in [0.1, 0.15) is 5.56 Å². The molecule has 2 rings (SSSR count). The van der Waals surface area contributed by atoms with Gasteiger partial charge in [0.25, 0.3) is 0 Å². The Morgan fingerprint density at radius 2 is 2.23 bits per heavy atom. The smallest absolute Gasteiger partial charge is 0.131 e. The largest absolute Gasteiger partial charge is 0.507 e. The summed E-state index contributed by atoms with van der Waals surface area (Å²) in [6, 6.07) is 3.58. The van der Waals surface area contributed by atoms with Crippen LogP contribution in [0.25, 0.3) is 10.1 Å². The number of hydrogen-bond donors (Lipinski definition) is 3. The van der Waals surface area contributed by atoms with E-state index in [-0.39, 0.29) is 12.4 Å². The lowest BCUT2D eigenvalue weighted by atomic mass is 10.1. The van der Waals surface area contributed by atoms with Crippen LogP contribution in [0.3, 0.4) is 0 Å². The van der Waals surface area contributed by atoms with E-state index in [0.29, 0.717) is 11.3 Å². The highest BCUT2D eigenvalue weighted by Crippen LogP contribution is 2.35. The van der Waals surface area contributed by atoms with E-state index < -0.39 is 0 Å². The maximum atomic E-state index is 9.69. The lowest BCUT2D eigenvalue weighted by Crippen LogP contribution is -1.94. The van der Waals surface area contributed by atoms with Crippen molar-refractivity contribution < 1.29 is 10.2 Å². The van der Waals surface area contributed by atoms with E-state index in [2.05, 4.69) is 0 Å². The number of rotatable bonds is 1. The molecule has 0 fully saturated rings. The summed E-state index contributed by atoms with van der Waals surface area (Å²) in [7, 11) is 0. The van der Waals surface area contributed by atoms with E-state index >= 15 is 0 Å². The normalized spacial score (nSPS) is 10.8. The van der Waals surface area contributed by atoms with E-state index in [0.717, 1.165) is 10.1 Å². The molecule has 4 heteroatoms. The van der Waals surface area contributed by atoms with E-state index in [1.54, 1.807) is 6.07 Å². The first-order chi connectivity index (χ1) is 6.24. The molecule has 0 amide bonds. The first-order valence-corrected chi connectivity index (χ1v) is 4.70. The van der Waals surface area contributed by atoms with Gasteiger partial charge < -0.3 is 15.9 Å². The first-order valence-electron chi connectivity index (χ1n) is 3.82. The topological polar surface area (TPSA) is 66.5 Å².